The van der Waals surface area contributed by atoms with Crippen molar-refractivity contribution in [1.29, 1.82) is 0 Å². The van der Waals surface area contributed by atoms with Crippen LogP contribution in [0.15, 0.2) is 29.2 Å². The number of benzene rings is 2. The predicted molar refractivity (Wildman–Crippen MR) is 116 cm³/mol. The molecule has 0 bridgehead atoms. The fourth-order valence-corrected chi connectivity index (χ4v) is 7.29. The summed E-state index contributed by atoms with van der Waals surface area (Å²) >= 11 is 1.99. The van der Waals surface area contributed by atoms with Gasteiger partial charge in [0, 0.05) is 4.90 Å². The van der Waals surface area contributed by atoms with E-state index in [0.29, 0.717) is 5.75 Å². The molecule has 0 amide bonds. The Kier molecular flexibility index (Phi) is 7.64. The van der Waals surface area contributed by atoms with Crippen molar-refractivity contribution in [2.45, 2.75) is 65.2 Å². The van der Waals surface area contributed by atoms with Gasteiger partial charge in [0.2, 0.25) is 0 Å². The third-order valence-corrected chi connectivity index (χ3v) is 8.76. The van der Waals surface area contributed by atoms with E-state index in [9.17, 15) is 5.11 Å². The highest BCUT2D eigenvalue weighted by molar-refractivity contribution is 8.00. The maximum Gasteiger partial charge on any atom is 0.119 e. The number of hydrogen-bond donors (Lipinski definition) is 1. The predicted octanol–water partition coefficient (Wildman–Crippen LogP) is 4.77. The highest BCUT2D eigenvalue weighted by Gasteiger charge is 2.12. The zero-order valence-electron chi connectivity index (χ0n) is 16.4. The van der Waals surface area contributed by atoms with Crippen LogP contribution in [0.3, 0.4) is 0 Å². The maximum atomic E-state index is 9.98. The summed E-state index contributed by atoms with van der Waals surface area (Å²) in [6.07, 6.45) is 4.88. The molecule has 2 aromatic rings. The molecule has 3 heteroatoms. The number of aryl methyl sites for hydroxylation is 2. The van der Waals surface area contributed by atoms with Gasteiger partial charge in [-0.3, -0.25) is 0 Å². The SMILES string of the molecule is CCCc1cccc([SiH2]CSc2c(C)cc(O)c(C)c2C)c1CCC. The highest BCUT2D eigenvalue weighted by Crippen LogP contribution is 2.33. The largest absolute Gasteiger partial charge is 0.508 e. The van der Waals surface area contributed by atoms with Crippen molar-refractivity contribution in [2.75, 3.05) is 5.38 Å². The van der Waals surface area contributed by atoms with Crippen molar-refractivity contribution in [1.82, 2.24) is 0 Å². The van der Waals surface area contributed by atoms with E-state index in [1.165, 1.54) is 47.1 Å². The fourth-order valence-electron chi connectivity index (χ4n) is 3.52. The van der Waals surface area contributed by atoms with Crippen molar-refractivity contribution in [2.24, 2.45) is 0 Å². The smallest absolute Gasteiger partial charge is 0.119 e. The summed E-state index contributed by atoms with van der Waals surface area (Å²) in [5.41, 5.74) is 6.69. The molecule has 1 N–H and O–H groups in total. The third-order valence-electron chi connectivity index (χ3n) is 5.01. The van der Waals surface area contributed by atoms with Crippen LogP contribution in [0.5, 0.6) is 5.75 Å². The van der Waals surface area contributed by atoms with E-state index in [0.717, 1.165) is 5.56 Å². The van der Waals surface area contributed by atoms with Crippen molar-refractivity contribution in [3.8, 4) is 5.75 Å². The molecule has 0 atom stereocenters. The molecule has 0 saturated carbocycles. The molecule has 0 aliphatic rings. The van der Waals surface area contributed by atoms with Crippen LogP contribution in [0.4, 0.5) is 0 Å². The Morgan fingerprint density at radius 3 is 2.40 bits per heavy atom. The molecular formula is C22H32OSSi. The lowest BCUT2D eigenvalue weighted by atomic mass is 10.00. The number of hydrogen-bond acceptors (Lipinski definition) is 2. The van der Waals surface area contributed by atoms with Crippen LogP contribution in [-0.4, -0.2) is 20.0 Å². The molecule has 0 radical (unpaired) electrons. The van der Waals surface area contributed by atoms with Crippen LogP contribution in [0, 0.1) is 20.8 Å². The first-order valence-electron chi connectivity index (χ1n) is 9.51. The Hall–Kier alpha value is -1.19. The highest BCUT2D eigenvalue weighted by atomic mass is 32.2. The van der Waals surface area contributed by atoms with Gasteiger partial charge in [-0.15, -0.1) is 11.8 Å². The van der Waals surface area contributed by atoms with E-state index >= 15 is 0 Å². The maximum absolute atomic E-state index is 9.98. The zero-order valence-corrected chi connectivity index (χ0v) is 18.6. The molecule has 0 unspecified atom stereocenters. The minimum atomic E-state index is -0.296. The number of rotatable bonds is 8. The first kappa shape index (κ1) is 20.1. The number of phenols is 1. The van der Waals surface area contributed by atoms with Gasteiger partial charge >= 0.3 is 0 Å². The quantitative estimate of drug-likeness (QED) is 0.532. The molecule has 0 spiro atoms. The minimum Gasteiger partial charge on any atom is -0.508 e. The van der Waals surface area contributed by atoms with E-state index in [4.69, 9.17) is 0 Å². The van der Waals surface area contributed by atoms with E-state index in [-0.39, 0.29) is 9.52 Å². The van der Waals surface area contributed by atoms with Crippen molar-refractivity contribution >= 4 is 26.5 Å². The molecule has 0 aromatic heterocycles. The van der Waals surface area contributed by atoms with Gasteiger partial charge < -0.3 is 5.11 Å². The Morgan fingerprint density at radius 1 is 1.00 bits per heavy atom. The first-order valence-corrected chi connectivity index (χ1v) is 12.2. The lowest BCUT2D eigenvalue weighted by Gasteiger charge is -2.16. The fraction of sp³-hybridized carbons (Fsp3) is 0.455. The molecule has 1 nitrogen and oxygen atoms in total. The standard InChI is InChI=1S/C22H32OSSi/c1-6-9-18-11-8-12-21(19(18)10-7-2)25-14-24-22-15(3)13-20(23)16(4)17(22)5/h8,11-13,23H,6-7,9-10,14,25H2,1-5H3. The van der Waals surface area contributed by atoms with Gasteiger partial charge in [0.05, 0.1) is 9.52 Å². The summed E-state index contributed by atoms with van der Waals surface area (Å²) in [6, 6.07) is 8.88. The molecular weight excluding hydrogens is 340 g/mol. The second-order valence-electron chi connectivity index (χ2n) is 6.94. The third kappa shape index (κ3) is 4.92. The molecule has 2 aromatic carbocycles. The van der Waals surface area contributed by atoms with Crippen LogP contribution in [0.25, 0.3) is 0 Å². The average molecular weight is 373 g/mol. The Balaban J connectivity index is 2.15. The normalized spacial score (nSPS) is 11.6. The molecule has 0 aliphatic heterocycles. The topological polar surface area (TPSA) is 20.2 Å². The van der Waals surface area contributed by atoms with E-state index in [2.05, 4.69) is 45.9 Å². The zero-order chi connectivity index (χ0) is 18.4. The van der Waals surface area contributed by atoms with Crippen LogP contribution in [-0.2, 0) is 12.8 Å². The second kappa shape index (κ2) is 9.49. The summed E-state index contributed by atoms with van der Waals surface area (Å²) in [4.78, 5) is 1.37. The van der Waals surface area contributed by atoms with Crippen LogP contribution < -0.4 is 5.19 Å². The minimum absolute atomic E-state index is 0.296. The molecule has 0 aliphatic carbocycles. The van der Waals surface area contributed by atoms with E-state index in [1.807, 2.05) is 24.8 Å². The lowest BCUT2D eigenvalue weighted by molar-refractivity contribution is 0.469. The first-order chi connectivity index (χ1) is 12.0. The summed E-state index contributed by atoms with van der Waals surface area (Å²) in [5, 5.41) is 12.9. The monoisotopic (exact) mass is 372 g/mol. The van der Waals surface area contributed by atoms with Crippen molar-refractivity contribution in [3.63, 3.8) is 0 Å². The lowest BCUT2D eigenvalue weighted by Crippen LogP contribution is -2.23. The van der Waals surface area contributed by atoms with Crippen molar-refractivity contribution in [3.05, 3.63) is 52.1 Å². The van der Waals surface area contributed by atoms with Gasteiger partial charge in [-0.1, -0.05) is 50.1 Å². The molecule has 0 fully saturated rings. The van der Waals surface area contributed by atoms with Gasteiger partial charge in [-0.25, -0.2) is 0 Å². The van der Waals surface area contributed by atoms with E-state index in [1.54, 1.807) is 16.3 Å². The summed E-state index contributed by atoms with van der Waals surface area (Å²) in [5.74, 6) is 0.425. The van der Waals surface area contributed by atoms with Gasteiger partial charge in [-0.2, -0.15) is 0 Å². The number of thioether (sulfide) groups is 1. The van der Waals surface area contributed by atoms with Crippen LogP contribution >= 0.6 is 11.8 Å². The van der Waals surface area contributed by atoms with Gasteiger partial charge in [0.15, 0.2) is 0 Å². The Bertz CT molecular complexity index is 724. The summed E-state index contributed by atoms with van der Waals surface area (Å²) < 4.78 is 0. The summed E-state index contributed by atoms with van der Waals surface area (Å²) in [6.45, 7) is 10.8. The summed E-state index contributed by atoms with van der Waals surface area (Å²) in [7, 11) is -0.296. The number of aromatic hydroxyl groups is 1. The second-order valence-corrected chi connectivity index (χ2v) is 10.5. The number of phenolic OH excluding ortho intramolecular Hbond substituents is 1. The Labute approximate surface area is 160 Å². The van der Waals surface area contributed by atoms with Crippen LogP contribution in [0.1, 0.15) is 54.5 Å². The molecule has 25 heavy (non-hydrogen) atoms. The van der Waals surface area contributed by atoms with Gasteiger partial charge in [-0.05, 0) is 72.9 Å². The van der Waals surface area contributed by atoms with Gasteiger partial charge in [0.1, 0.15) is 5.75 Å². The molecule has 136 valence electrons. The van der Waals surface area contributed by atoms with Crippen LogP contribution in [0.2, 0.25) is 0 Å². The van der Waals surface area contributed by atoms with Crippen molar-refractivity contribution < 1.29 is 5.11 Å². The molecule has 2 rings (SSSR count). The Morgan fingerprint density at radius 2 is 1.72 bits per heavy atom. The van der Waals surface area contributed by atoms with E-state index < -0.39 is 0 Å². The molecule has 0 saturated heterocycles. The van der Waals surface area contributed by atoms with Gasteiger partial charge in [0.25, 0.3) is 0 Å². The molecule has 0 heterocycles. The average Bonchev–Trinajstić information content (AvgIpc) is 2.58.